The molecule has 0 aliphatic rings. The van der Waals surface area contributed by atoms with Crippen LogP contribution in [0.4, 0.5) is 0 Å². The van der Waals surface area contributed by atoms with E-state index in [0.717, 1.165) is 22.4 Å². The standard InChI is InChI=1S/2C14H17.C2H6Si.2CH3.Zr/c2*1-3-7-13-11(4-2)10-12-8-5-6-9-14(12)13;1-3-2;;;/h2*5-6,8-10H,3-4,7H2,1-2H3;1-2H3;2*1H3;/q2*-1;;2*-1;+4. The van der Waals surface area contributed by atoms with Gasteiger partial charge in [0.2, 0.25) is 0 Å². The molecule has 0 nitrogen and oxygen atoms in total. The summed E-state index contributed by atoms with van der Waals surface area (Å²) in [5.41, 5.74) is 6.22. The molecule has 0 heterocycles. The molecule has 0 amide bonds. The fourth-order valence-electron chi connectivity index (χ4n) is 4.41. The summed E-state index contributed by atoms with van der Waals surface area (Å²) in [4.78, 5) is 0. The Labute approximate surface area is 233 Å². The first-order valence-corrected chi connectivity index (χ1v) is 14.1. The van der Waals surface area contributed by atoms with Crippen molar-refractivity contribution in [1.29, 1.82) is 0 Å². The summed E-state index contributed by atoms with van der Waals surface area (Å²) in [6.07, 6.45) is 7.23. The van der Waals surface area contributed by atoms with E-state index < -0.39 is 0 Å². The molecule has 0 saturated carbocycles. The minimum Gasteiger partial charge on any atom is -0.358 e. The van der Waals surface area contributed by atoms with Crippen LogP contribution < -0.4 is 0 Å². The average Bonchev–Trinajstić information content (AvgIpc) is 3.33. The van der Waals surface area contributed by atoms with Crippen LogP contribution in [0.25, 0.3) is 21.5 Å². The van der Waals surface area contributed by atoms with Crippen LogP contribution in [-0.2, 0) is 51.9 Å². The molecule has 0 N–H and O–H groups in total. The van der Waals surface area contributed by atoms with Crippen molar-refractivity contribution < 1.29 is 26.2 Å². The van der Waals surface area contributed by atoms with Crippen molar-refractivity contribution in [3.8, 4) is 0 Å². The van der Waals surface area contributed by atoms with Crippen LogP contribution in [0.3, 0.4) is 0 Å². The predicted molar refractivity (Wildman–Crippen MR) is 156 cm³/mol. The zero-order chi connectivity index (χ0) is 22.6. The van der Waals surface area contributed by atoms with Crippen molar-refractivity contribution in [3.05, 3.63) is 97.8 Å². The summed E-state index contributed by atoms with van der Waals surface area (Å²) < 4.78 is 0. The van der Waals surface area contributed by atoms with Gasteiger partial charge in [0.15, 0.2) is 0 Å². The molecule has 182 valence electrons. The van der Waals surface area contributed by atoms with Crippen LogP contribution in [-0.4, -0.2) is 9.52 Å². The van der Waals surface area contributed by atoms with Crippen molar-refractivity contribution in [2.24, 2.45) is 0 Å². The summed E-state index contributed by atoms with van der Waals surface area (Å²) >= 11 is 0. The first-order valence-electron chi connectivity index (χ1n) is 12.1. The molecule has 0 aliphatic heterocycles. The molecule has 34 heavy (non-hydrogen) atoms. The summed E-state index contributed by atoms with van der Waals surface area (Å²) in [7, 11) is 1.08. The molecule has 0 aromatic heterocycles. The maximum atomic E-state index is 2.35. The Bertz CT molecular complexity index is 954. The number of aryl methyl sites for hydroxylation is 4. The second-order valence-corrected chi connectivity index (χ2v) is 9.18. The fourth-order valence-corrected chi connectivity index (χ4v) is 4.41. The van der Waals surface area contributed by atoms with Gasteiger partial charge in [-0.05, 0) is 12.8 Å². The minimum absolute atomic E-state index is 0. The van der Waals surface area contributed by atoms with Gasteiger partial charge in [-0.25, -0.2) is 0 Å². The third kappa shape index (κ3) is 9.09. The Morgan fingerprint density at radius 1 is 0.618 bits per heavy atom. The van der Waals surface area contributed by atoms with Crippen LogP contribution in [0.2, 0.25) is 13.1 Å². The number of benzene rings is 2. The van der Waals surface area contributed by atoms with Gasteiger partial charge >= 0.3 is 26.2 Å². The second-order valence-electron chi connectivity index (χ2n) is 8.18. The normalized spacial score (nSPS) is 9.59. The van der Waals surface area contributed by atoms with Gasteiger partial charge in [-0.1, -0.05) is 78.6 Å². The maximum absolute atomic E-state index is 2.35. The summed E-state index contributed by atoms with van der Waals surface area (Å²) in [5.74, 6) is 0. The Balaban J connectivity index is 0. The van der Waals surface area contributed by atoms with E-state index in [1.54, 1.807) is 11.1 Å². The maximum Gasteiger partial charge on any atom is 4.00 e. The van der Waals surface area contributed by atoms with E-state index in [-0.39, 0.29) is 41.1 Å². The Kier molecular flexibility index (Phi) is 19.5. The third-order valence-electron chi connectivity index (χ3n) is 5.77. The smallest absolute Gasteiger partial charge is 0.358 e. The molecule has 0 unspecified atom stereocenters. The summed E-state index contributed by atoms with van der Waals surface area (Å²) in [6.45, 7) is 13.3. The van der Waals surface area contributed by atoms with E-state index in [9.17, 15) is 0 Å². The first kappa shape index (κ1) is 34.9. The molecule has 4 rings (SSSR count). The Morgan fingerprint density at radius 3 is 1.24 bits per heavy atom. The van der Waals surface area contributed by atoms with E-state index in [1.165, 1.54) is 58.4 Å². The van der Waals surface area contributed by atoms with Gasteiger partial charge in [-0.2, -0.15) is 11.1 Å². The number of hydrogen-bond acceptors (Lipinski definition) is 0. The first-order chi connectivity index (χ1) is 15.1. The van der Waals surface area contributed by atoms with Crippen molar-refractivity contribution in [1.82, 2.24) is 0 Å². The fraction of sp³-hybridized carbons (Fsp3) is 0.375. The zero-order valence-electron chi connectivity index (χ0n) is 23.0. The van der Waals surface area contributed by atoms with Crippen molar-refractivity contribution in [2.45, 2.75) is 79.3 Å². The molecule has 2 heteroatoms. The van der Waals surface area contributed by atoms with Gasteiger partial charge in [0.05, 0.1) is 0 Å². The van der Waals surface area contributed by atoms with Crippen LogP contribution in [0.5, 0.6) is 0 Å². The van der Waals surface area contributed by atoms with Crippen molar-refractivity contribution in [3.63, 3.8) is 0 Å². The molecular formula is C32H46SiZr. The molecular weight excluding hydrogens is 504 g/mol. The Morgan fingerprint density at radius 2 is 0.941 bits per heavy atom. The molecule has 0 aliphatic carbocycles. The topological polar surface area (TPSA) is 0 Å². The molecule has 0 saturated heterocycles. The number of fused-ring (bicyclic) bond motifs is 2. The molecule has 0 spiro atoms. The van der Waals surface area contributed by atoms with Gasteiger partial charge in [0, 0.05) is 9.52 Å². The van der Waals surface area contributed by atoms with Gasteiger partial charge < -0.3 is 14.9 Å². The van der Waals surface area contributed by atoms with Crippen LogP contribution in [0, 0.1) is 14.9 Å². The largest absolute Gasteiger partial charge is 4.00 e. The SMILES string of the molecule is CCCc1c(CC)[cH-]c2ccccc12.CCCc1c(CC)[cH-]c2ccccc12.C[Si]C.[CH3-].[CH3-].[Zr+4]. The Hall–Kier alpha value is -1.24. The summed E-state index contributed by atoms with van der Waals surface area (Å²) in [6, 6.07) is 22.2. The predicted octanol–water partition coefficient (Wildman–Crippen LogP) is 9.83. The second kappa shape index (κ2) is 19.0. The van der Waals surface area contributed by atoms with Gasteiger partial charge in [0.1, 0.15) is 0 Å². The van der Waals surface area contributed by atoms with Gasteiger partial charge in [-0.3, -0.25) is 0 Å². The van der Waals surface area contributed by atoms with E-state index in [2.05, 4.69) is 101 Å². The molecule has 0 atom stereocenters. The molecule has 2 radical (unpaired) electrons. The molecule has 4 aromatic rings. The van der Waals surface area contributed by atoms with Crippen LogP contribution in [0.1, 0.15) is 62.8 Å². The van der Waals surface area contributed by atoms with E-state index in [0.29, 0.717) is 0 Å². The molecule has 0 fully saturated rings. The van der Waals surface area contributed by atoms with E-state index in [1.807, 2.05) is 0 Å². The third-order valence-corrected chi connectivity index (χ3v) is 5.77. The number of hydrogen-bond donors (Lipinski definition) is 0. The minimum atomic E-state index is 0. The number of rotatable bonds is 6. The van der Waals surface area contributed by atoms with Gasteiger partial charge in [-0.15, -0.1) is 81.2 Å². The average molecular weight is 550 g/mol. The van der Waals surface area contributed by atoms with Crippen molar-refractivity contribution >= 4 is 31.1 Å². The molecule has 0 bridgehead atoms. The monoisotopic (exact) mass is 548 g/mol. The van der Waals surface area contributed by atoms with Crippen LogP contribution >= 0.6 is 0 Å². The van der Waals surface area contributed by atoms with Crippen molar-refractivity contribution in [2.75, 3.05) is 0 Å². The van der Waals surface area contributed by atoms with E-state index >= 15 is 0 Å². The van der Waals surface area contributed by atoms with Crippen LogP contribution in [0.15, 0.2) is 60.7 Å². The summed E-state index contributed by atoms with van der Waals surface area (Å²) in [5, 5.41) is 5.75. The zero-order valence-corrected chi connectivity index (χ0v) is 26.5. The quantitative estimate of drug-likeness (QED) is 0.166. The van der Waals surface area contributed by atoms with Gasteiger partial charge in [0.25, 0.3) is 0 Å². The van der Waals surface area contributed by atoms with E-state index in [4.69, 9.17) is 0 Å². The molecule has 4 aromatic carbocycles.